The van der Waals surface area contributed by atoms with Gasteiger partial charge in [-0.15, -0.1) is 0 Å². The molecule has 0 bridgehead atoms. The Bertz CT molecular complexity index is 275. The lowest BCUT2D eigenvalue weighted by molar-refractivity contribution is 0.396. The van der Waals surface area contributed by atoms with Gasteiger partial charge in [-0.05, 0) is 26.1 Å². The quantitative estimate of drug-likeness (QED) is 0.746. The molecule has 1 aromatic heterocycles. The number of nitrogens with zero attached hydrogens (tertiary/aromatic N) is 3. The zero-order valence-corrected chi connectivity index (χ0v) is 8.48. The van der Waals surface area contributed by atoms with E-state index in [0.717, 1.165) is 18.9 Å². The molecule has 1 aliphatic rings. The molecule has 2 heterocycles. The van der Waals surface area contributed by atoms with Crippen LogP contribution < -0.4 is 5.32 Å². The van der Waals surface area contributed by atoms with Gasteiger partial charge in [0.15, 0.2) is 0 Å². The van der Waals surface area contributed by atoms with E-state index >= 15 is 0 Å². The molecule has 1 saturated heterocycles. The molecule has 1 N–H and O–H groups in total. The minimum Gasteiger partial charge on any atom is -0.306 e. The van der Waals surface area contributed by atoms with Gasteiger partial charge in [0.2, 0.25) is 0 Å². The predicted molar refractivity (Wildman–Crippen MR) is 54.8 cm³/mol. The maximum Gasteiger partial charge on any atom is 0.141 e. The summed E-state index contributed by atoms with van der Waals surface area (Å²) < 4.78 is 0. The van der Waals surface area contributed by atoms with Gasteiger partial charge in [-0.25, -0.2) is 9.97 Å². The Morgan fingerprint density at radius 2 is 2.29 bits per heavy atom. The first kappa shape index (κ1) is 9.55. The van der Waals surface area contributed by atoms with E-state index < -0.39 is 0 Å². The zero-order valence-electron chi connectivity index (χ0n) is 8.48. The second kappa shape index (κ2) is 4.48. The molecule has 76 valence electrons. The van der Waals surface area contributed by atoms with Crippen LogP contribution >= 0.6 is 0 Å². The van der Waals surface area contributed by atoms with Crippen LogP contribution in [-0.2, 0) is 6.54 Å². The number of aromatic nitrogens is 2. The van der Waals surface area contributed by atoms with Gasteiger partial charge in [-0.1, -0.05) is 0 Å². The first-order valence-electron chi connectivity index (χ1n) is 5.02. The zero-order chi connectivity index (χ0) is 9.80. The van der Waals surface area contributed by atoms with Gasteiger partial charge in [0, 0.05) is 25.0 Å². The number of likely N-dealkylation sites (N-methyl/N-ethyl adjacent to an activating group) is 1. The molecule has 1 atom stereocenters. The van der Waals surface area contributed by atoms with Gasteiger partial charge in [0.25, 0.3) is 0 Å². The van der Waals surface area contributed by atoms with E-state index in [0.29, 0.717) is 6.04 Å². The fourth-order valence-electron chi connectivity index (χ4n) is 1.76. The second-order valence-corrected chi connectivity index (χ2v) is 3.79. The number of hydrogen-bond acceptors (Lipinski definition) is 4. The molecule has 14 heavy (non-hydrogen) atoms. The van der Waals surface area contributed by atoms with Crippen LogP contribution in [0.25, 0.3) is 0 Å². The van der Waals surface area contributed by atoms with Crippen molar-refractivity contribution < 1.29 is 0 Å². The Balaban J connectivity index is 1.78. The fourth-order valence-corrected chi connectivity index (χ4v) is 1.76. The van der Waals surface area contributed by atoms with Gasteiger partial charge in [0.05, 0.1) is 6.54 Å². The highest BCUT2D eigenvalue weighted by atomic mass is 15.2. The molecule has 1 fully saturated rings. The highest BCUT2D eigenvalue weighted by molar-refractivity contribution is 4.89. The Labute approximate surface area is 84.4 Å². The standard InChI is InChI=1S/C10H16N4/c1-14-6-3-9(8-14)13-7-10-11-4-2-5-12-10/h2,4-5,9,13H,3,6-8H2,1H3/t9-/m0/s1. The van der Waals surface area contributed by atoms with E-state index in [-0.39, 0.29) is 0 Å². The highest BCUT2D eigenvalue weighted by Gasteiger charge is 2.18. The van der Waals surface area contributed by atoms with E-state index in [2.05, 4.69) is 27.2 Å². The van der Waals surface area contributed by atoms with Crippen LogP contribution in [0.5, 0.6) is 0 Å². The minimum atomic E-state index is 0.601. The number of rotatable bonds is 3. The Kier molecular flexibility index (Phi) is 3.06. The van der Waals surface area contributed by atoms with Gasteiger partial charge in [-0.3, -0.25) is 0 Å². The van der Waals surface area contributed by atoms with Crippen molar-refractivity contribution >= 4 is 0 Å². The second-order valence-electron chi connectivity index (χ2n) is 3.79. The Morgan fingerprint density at radius 3 is 2.93 bits per heavy atom. The molecule has 2 rings (SSSR count). The summed E-state index contributed by atoms with van der Waals surface area (Å²) in [6, 6.07) is 2.44. The number of likely N-dealkylation sites (tertiary alicyclic amines) is 1. The highest BCUT2D eigenvalue weighted by Crippen LogP contribution is 2.06. The average molecular weight is 192 g/mol. The summed E-state index contributed by atoms with van der Waals surface area (Å²) >= 11 is 0. The van der Waals surface area contributed by atoms with Crippen molar-refractivity contribution in [3.05, 3.63) is 24.3 Å². The molecular weight excluding hydrogens is 176 g/mol. The third-order valence-corrected chi connectivity index (χ3v) is 2.56. The third-order valence-electron chi connectivity index (χ3n) is 2.56. The molecule has 0 amide bonds. The maximum absolute atomic E-state index is 4.17. The van der Waals surface area contributed by atoms with Crippen LogP contribution in [0.2, 0.25) is 0 Å². The van der Waals surface area contributed by atoms with E-state index in [1.54, 1.807) is 12.4 Å². The van der Waals surface area contributed by atoms with Gasteiger partial charge >= 0.3 is 0 Å². The molecule has 1 aromatic rings. The van der Waals surface area contributed by atoms with Crippen molar-refractivity contribution in [3.8, 4) is 0 Å². The van der Waals surface area contributed by atoms with Crippen molar-refractivity contribution in [1.29, 1.82) is 0 Å². The summed E-state index contributed by atoms with van der Waals surface area (Å²) in [5.74, 6) is 0.877. The van der Waals surface area contributed by atoms with Crippen LogP contribution in [0.4, 0.5) is 0 Å². The molecular formula is C10H16N4. The van der Waals surface area contributed by atoms with Gasteiger partial charge in [0.1, 0.15) is 5.82 Å². The summed E-state index contributed by atoms with van der Waals surface area (Å²) in [6.07, 6.45) is 4.79. The SMILES string of the molecule is CN1CC[C@H](NCc2ncccn2)C1. The summed E-state index contributed by atoms with van der Waals surface area (Å²) in [4.78, 5) is 10.7. The molecule has 0 spiro atoms. The van der Waals surface area contributed by atoms with Crippen LogP contribution in [0.3, 0.4) is 0 Å². The molecule has 4 nitrogen and oxygen atoms in total. The molecule has 0 radical (unpaired) electrons. The third kappa shape index (κ3) is 2.49. The van der Waals surface area contributed by atoms with Gasteiger partial charge in [-0.2, -0.15) is 0 Å². The molecule has 0 aromatic carbocycles. The van der Waals surface area contributed by atoms with Crippen LogP contribution in [0.1, 0.15) is 12.2 Å². The van der Waals surface area contributed by atoms with Crippen LogP contribution in [0, 0.1) is 0 Å². The molecule has 0 saturated carbocycles. The summed E-state index contributed by atoms with van der Waals surface area (Å²) in [6.45, 7) is 3.10. The topological polar surface area (TPSA) is 41.0 Å². The summed E-state index contributed by atoms with van der Waals surface area (Å²) in [7, 11) is 2.15. The van der Waals surface area contributed by atoms with E-state index in [9.17, 15) is 0 Å². The summed E-state index contributed by atoms with van der Waals surface area (Å²) in [5.41, 5.74) is 0. The largest absolute Gasteiger partial charge is 0.306 e. The van der Waals surface area contributed by atoms with Crippen molar-refractivity contribution in [1.82, 2.24) is 20.2 Å². The normalized spacial score (nSPS) is 22.8. The van der Waals surface area contributed by atoms with Crippen molar-refractivity contribution in [2.75, 3.05) is 20.1 Å². The minimum absolute atomic E-state index is 0.601. The molecule has 1 aliphatic heterocycles. The average Bonchev–Trinajstić information content (AvgIpc) is 2.63. The number of nitrogens with one attached hydrogen (secondary N) is 1. The fraction of sp³-hybridized carbons (Fsp3) is 0.600. The van der Waals surface area contributed by atoms with Crippen molar-refractivity contribution in [3.63, 3.8) is 0 Å². The van der Waals surface area contributed by atoms with Crippen LogP contribution in [0.15, 0.2) is 18.5 Å². The lowest BCUT2D eigenvalue weighted by Crippen LogP contribution is -2.31. The lowest BCUT2D eigenvalue weighted by atomic mass is 10.2. The maximum atomic E-state index is 4.17. The first-order valence-corrected chi connectivity index (χ1v) is 5.02. The number of hydrogen-bond donors (Lipinski definition) is 1. The van der Waals surface area contributed by atoms with Gasteiger partial charge < -0.3 is 10.2 Å². The van der Waals surface area contributed by atoms with Crippen molar-refractivity contribution in [2.24, 2.45) is 0 Å². The predicted octanol–water partition coefficient (Wildman–Crippen LogP) is 0.270. The summed E-state index contributed by atoms with van der Waals surface area (Å²) in [5, 5.41) is 3.46. The lowest BCUT2D eigenvalue weighted by Gasteiger charge is -2.11. The van der Waals surface area contributed by atoms with E-state index in [1.165, 1.54) is 13.0 Å². The molecule has 0 unspecified atom stereocenters. The first-order chi connectivity index (χ1) is 6.84. The van der Waals surface area contributed by atoms with E-state index in [1.807, 2.05) is 6.07 Å². The van der Waals surface area contributed by atoms with Crippen LogP contribution in [-0.4, -0.2) is 41.0 Å². The smallest absolute Gasteiger partial charge is 0.141 e. The van der Waals surface area contributed by atoms with Crippen molar-refractivity contribution in [2.45, 2.75) is 19.0 Å². The Hall–Kier alpha value is -1.00. The Morgan fingerprint density at radius 1 is 1.50 bits per heavy atom. The molecule has 0 aliphatic carbocycles. The molecule has 4 heteroatoms. The van der Waals surface area contributed by atoms with E-state index in [4.69, 9.17) is 0 Å². The monoisotopic (exact) mass is 192 g/mol.